The minimum absolute atomic E-state index is 0.330. The number of hydrogen-bond acceptors (Lipinski definition) is 3. The van der Waals surface area contributed by atoms with Crippen molar-refractivity contribution in [3.63, 3.8) is 0 Å². The van der Waals surface area contributed by atoms with Gasteiger partial charge in [0.05, 0.1) is 6.54 Å². The van der Waals surface area contributed by atoms with Crippen molar-refractivity contribution < 1.29 is 4.79 Å². The number of ketones is 1. The Bertz CT molecular complexity index is 398. The standard InChI is InChI=1S/C14H20BrNOS/c1-16(8-13-7-12(15)10-18-13)9-14(17)11-5-3-2-4-6-11/h7,10-11H,2-6,8-9H2,1H3. The van der Waals surface area contributed by atoms with Gasteiger partial charge in [-0.3, -0.25) is 9.69 Å². The molecule has 0 amide bonds. The Balaban J connectivity index is 1.79. The Morgan fingerprint density at radius 2 is 2.17 bits per heavy atom. The van der Waals surface area contributed by atoms with Crippen LogP contribution in [0.1, 0.15) is 37.0 Å². The normalized spacial score (nSPS) is 17.3. The van der Waals surface area contributed by atoms with Crippen LogP contribution in [0.5, 0.6) is 0 Å². The molecule has 1 heterocycles. The lowest BCUT2D eigenvalue weighted by atomic mass is 9.86. The summed E-state index contributed by atoms with van der Waals surface area (Å²) in [5, 5.41) is 2.09. The van der Waals surface area contributed by atoms with Gasteiger partial charge in [-0.1, -0.05) is 19.3 Å². The second-order valence-electron chi connectivity index (χ2n) is 5.20. The average molecular weight is 330 g/mol. The molecule has 0 aromatic carbocycles. The summed E-state index contributed by atoms with van der Waals surface area (Å²) in [4.78, 5) is 15.6. The second-order valence-corrected chi connectivity index (χ2v) is 7.12. The number of nitrogens with zero attached hydrogens (tertiary/aromatic N) is 1. The van der Waals surface area contributed by atoms with Gasteiger partial charge in [-0.15, -0.1) is 11.3 Å². The molecule has 0 bridgehead atoms. The first-order chi connectivity index (χ1) is 8.65. The number of carbonyl (C=O) groups is 1. The van der Waals surface area contributed by atoms with Gasteiger partial charge in [-0.25, -0.2) is 0 Å². The van der Waals surface area contributed by atoms with Crippen LogP contribution in [0.15, 0.2) is 15.9 Å². The Morgan fingerprint density at radius 3 is 2.78 bits per heavy atom. The van der Waals surface area contributed by atoms with Gasteiger partial charge < -0.3 is 0 Å². The second kappa shape index (κ2) is 6.83. The summed E-state index contributed by atoms with van der Waals surface area (Å²) < 4.78 is 1.13. The monoisotopic (exact) mass is 329 g/mol. The minimum atomic E-state index is 0.330. The summed E-state index contributed by atoms with van der Waals surface area (Å²) in [6.07, 6.45) is 5.99. The molecule has 0 unspecified atom stereocenters. The van der Waals surface area contributed by atoms with E-state index in [1.165, 1.54) is 24.1 Å². The summed E-state index contributed by atoms with van der Waals surface area (Å²) in [5.41, 5.74) is 0. The van der Waals surface area contributed by atoms with Crippen LogP contribution in [-0.2, 0) is 11.3 Å². The fourth-order valence-electron chi connectivity index (χ4n) is 2.58. The third-order valence-electron chi connectivity index (χ3n) is 3.53. The fraction of sp³-hybridized carbons (Fsp3) is 0.643. The van der Waals surface area contributed by atoms with E-state index < -0.39 is 0 Å². The molecule has 0 aliphatic heterocycles. The lowest BCUT2D eigenvalue weighted by Gasteiger charge is -2.23. The van der Waals surface area contributed by atoms with Crippen LogP contribution in [-0.4, -0.2) is 24.3 Å². The molecule has 1 fully saturated rings. The molecule has 0 spiro atoms. The maximum absolute atomic E-state index is 12.2. The maximum atomic E-state index is 12.2. The molecular formula is C14H20BrNOS. The highest BCUT2D eigenvalue weighted by molar-refractivity contribution is 9.10. The minimum Gasteiger partial charge on any atom is -0.298 e. The molecule has 1 aliphatic rings. The molecule has 2 nitrogen and oxygen atoms in total. The van der Waals surface area contributed by atoms with E-state index in [0.717, 1.165) is 23.9 Å². The van der Waals surface area contributed by atoms with E-state index in [1.54, 1.807) is 11.3 Å². The van der Waals surface area contributed by atoms with Gasteiger partial charge in [0.25, 0.3) is 0 Å². The smallest absolute Gasteiger partial charge is 0.149 e. The predicted octanol–water partition coefficient (Wildman–Crippen LogP) is 4.09. The topological polar surface area (TPSA) is 20.3 Å². The Labute approximate surface area is 122 Å². The number of thiophene rings is 1. The Hall–Kier alpha value is -0.190. The van der Waals surface area contributed by atoms with Crippen molar-refractivity contribution in [2.45, 2.75) is 38.6 Å². The van der Waals surface area contributed by atoms with Gasteiger partial charge in [-0.05, 0) is 41.9 Å². The molecular weight excluding hydrogens is 310 g/mol. The van der Waals surface area contributed by atoms with E-state index in [9.17, 15) is 4.79 Å². The summed E-state index contributed by atoms with van der Waals surface area (Å²) in [5.74, 6) is 0.768. The number of halogens is 1. The zero-order valence-corrected chi connectivity index (χ0v) is 13.2. The quantitative estimate of drug-likeness (QED) is 0.810. The molecule has 0 N–H and O–H groups in total. The molecule has 0 atom stereocenters. The highest BCUT2D eigenvalue weighted by Gasteiger charge is 2.21. The molecule has 2 rings (SSSR count). The van der Waals surface area contributed by atoms with Crippen LogP contribution in [0, 0.1) is 5.92 Å². The Kier molecular flexibility index (Phi) is 5.39. The summed E-state index contributed by atoms with van der Waals surface area (Å²) in [6, 6.07) is 2.13. The van der Waals surface area contributed by atoms with E-state index in [0.29, 0.717) is 18.2 Å². The van der Waals surface area contributed by atoms with Gasteiger partial charge in [0.1, 0.15) is 5.78 Å². The van der Waals surface area contributed by atoms with Crippen molar-refractivity contribution in [3.8, 4) is 0 Å². The lowest BCUT2D eigenvalue weighted by Crippen LogP contribution is -2.30. The summed E-state index contributed by atoms with van der Waals surface area (Å²) in [6.45, 7) is 1.47. The molecule has 1 saturated carbocycles. The van der Waals surface area contributed by atoms with Crippen LogP contribution in [0.25, 0.3) is 0 Å². The van der Waals surface area contributed by atoms with E-state index in [4.69, 9.17) is 0 Å². The van der Waals surface area contributed by atoms with Crippen LogP contribution < -0.4 is 0 Å². The van der Waals surface area contributed by atoms with Crippen LogP contribution in [0.2, 0.25) is 0 Å². The first kappa shape index (κ1) is 14.2. The van der Waals surface area contributed by atoms with Crippen molar-refractivity contribution in [3.05, 3.63) is 20.8 Å². The first-order valence-electron chi connectivity index (χ1n) is 6.59. The molecule has 4 heteroatoms. The molecule has 18 heavy (non-hydrogen) atoms. The average Bonchev–Trinajstić information content (AvgIpc) is 2.75. The first-order valence-corrected chi connectivity index (χ1v) is 8.26. The predicted molar refractivity (Wildman–Crippen MR) is 79.9 cm³/mol. The van der Waals surface area contributed by atoms with Crippen LogP contribution in [0.4, 0.5) is 0 Å². The summed E-state index contributed by atoms with van der Waals surface area (Å²) >= 11 is 5.20. The number of carbonyl (C=O) groups excluding carboxylic acids is 1. The SMILES string of the molecule is CN(CC(=O)C1CCCCC1)Cc1cc(Br)cs1. The maximum Gasteiger partial charge on any atom is 0.149 e. The van der Waals surface area contributed by atoms with Crippen LogP contribution >= 0.6 is 27.3 Å². The molecule has 1 aromatic rings. The van der Waals surface area contributed by atoms with Crippen molar-refractivity contribution >= 4 is 33.0 Å². The third kappa shape index (κ3) is 4.18. The van der Waals surface area contributed by atoms with E-state index in [1.807, 2.05) is 7.05 Å². The van der Waals surface area contributed by atoms with Crippen molar-refractivity contribution in [2.24, 2.45) is 5.92 Å². The third-order valence-corrected chi connectivity index (χ3v) is 5.22. The number of Topliss-reactive ketones (excluding diaryl/α,β-unsaturated/α-hetero) is 1. The highest BCUT2D eigenvalue weighted by Crippen LogP contribution is 2.25. The highest BCUT2D eigenvalue weighted by atomic mass is 79.9. The van der Waals surface area contributed by atoms with Gasteiger partial charge in [0.2, 0.25) is 0 Å². The van der Waals surface area contributed by atoms with Gasteiger partial charge >= 0.3 is 0 Å². The zero-order valence-electron chi connectivity index (χ0n) is 10.8. The Morgan fingerprint density at radius 1 is 1.44 bits per heavy atom. The largest absolute Gasteiger partial charge is 0.298 e. The molecule has 0 saturated heterocycles. The van der Waals surface area contributed by atoms with Crippen molar-refractivity contribution in [2.75, 3.05) is 13.6 Å². The van der Waals surface area contributed by atoms with Crippen molar-refractivity contribution in [1.82, 2.24) is 4.90 Å². The molecule has 0 radical (unpaired) electrons. The molecule has 100 valence electrons. The van der Waals surface area contributed by atoms with E-state index >= 15 is 0 Å². The number of rotatable bonds is 5. The number of likely N-dealkylation sites (N-methyl/N-ethyl adjacent to an activating group) is 1. The van der Waals surface area contributed by atoms with Crippen LogP contribution in [0.3, 0.4) is 0 Å². The lowest BCUT2D eigenvalue weighted by molar-refractivity contribution is -0.124. The van der Waals surface area contributed by atoms with Crippen molar-refractivity contribution in [1.29, 1.82) is 0 Å². The summed E-state index contributed by atoms with van der Waals surface area (Å²) in [7, 11) is 2.04. The zero-order chi connectivity index (χ0) is 13.0. The fourth-order valence-corrected chi connectivity index (χ4v) is 4.11. The number of hydrogen-bond donors (Lipinski definition) is 0. The molecule has 1 aromatic heterocycles. The van der Waals surface area contributed by atoms with Gasteiger partial charge in [0, 0.05) is 27.2 Å². The van der Waals surface area contributed by atoms with Gasteiger partial charge in [-0.2, -0.15) is 0 Å². The van der Waals surface area contributed by atoms with Gasteiger partial charge in [0.15, 0.2) is 0 Å². The van der Waals surface area contributed by atoms with E-state index in [-0.39, 0.29) is 0 Å². The van der Waals surface area contributed by atoms with E-state index in [2.05, 4.69) is 32.3 Å². The molecule has 1 aliphatic carbocycles.